The third-order valence-corrected chi connectivity index (χ3v) is 2.89. The molecule has 0 spiro atoms. The van der Waals surface area contributed by atoms with Crippen LogP contribution in [0.5, 0.6) is 0 Å². The van der Waals surface area contributed by atoms with E-state index in [1.54, 1.807) is 12.3 Å². The molecule has 0 aliphatic heterocycles. The lowest BCUT2D eigenvalue weighted by molar-refractivity contribution is 0.102. The van der Waals surface area contributed by atoms with Gasteiger partial charge in [0, 0.05) is 18.8 Å². The molecule has 0 fully saturated rings. The maximum Gasteiger partial charge on any atom is 0.257 e. The summed E-state index contributed by atoms with van der Waals surface area (Å²) in [5.74, 6) is 5.37. The number of rotatable bonds is 3. The van der Waals surface area contributed by atoms with Crippen LogP contribution in [-0.2, 0) is 0 Å². The summed E-state index contributed by atoms with van der Waals surface area (Å²) < 4.78 is 0. The van der Waals surface area contributed by atoms with Gasteiger partial charge in [0.25, 0.3) is 5.91 Å². The Labute approximate surface area is 122 Å². The molecular weight excluding hydrogens is 268 g/mol. The maximum absolute atomic E-state index is 12.4. The van der Waals surface area contributed by atoms with Crippen molar-refractivity contribution in [3.05, 3.63) is 41.0 Å². The zero-order chi connectivity index (χ0) is 15.2. The molecule has 0 aliphatic carbocycles. The van der Waals surface area contributed by atoms with Gasteiger partial charge in [-0.25, -0.2) is 0 Å². The SMILES string of the molecule is Cc1n[nH]c(C)c1NC(=O)c1ccncc1C#CCCO. The fraction of sp³-hybridized carbons (Fsp3) is 0.267. The minimum atomic E-state index is -0.265. The molecule has 0 bridgehead atoms. The summed E-state index contributed by atoms with van der Waals surface area (Å²) in [5.41, 5.74) is 3.16. The molecule has 0 atom stereocenters. The summed E-state index contributed by atoms with van der Waals surface area (Å²) in [4.78, 5) is 16.3. The Kier molecular flexibility index (Phi) is 4.69. The number of aryl methyl sites for hydroxylation is 2. The molecule has 0 aliphatic rings. The topological polar surface area (TPSA) is 90.9 Å². The normalized spacial score (nSPS) is 9.86. The van der Waals surface area contributed by atoms with E-state index in [1.807, 2.05) is 13.8 Å². The molecule has 2 heterocycles. The second-order valence-corrected chi connectivity index (χ2v) is 4.46. The third-order valence-electron chi connectivity index (χ3n) is 2.89. The van der Waals surface area contributed by atoms with Crippen molar-refractivity contribution < 1.29 is 9.90 Å². The van der Waals surface area contributed by atoms with Crippen molar-refractivity contribution in [3.63, 3.8) is 0 Å². The number of aromatic amines is 1. The number of hydrogen-bond donors (Lipinski definition) is 3. The Morgan fingerprint density at radius 1 is 1.48 bits per heavy atom. The average molecular weight is 284 g/mol. The molecule has 6 heteroatoms. The van der Waals surface area contributed by atoms with Crippen molar-refractivity contribution in [1.82, 2.24) is 15.2 Å². The number of aliphatic hydroxyl groups is 1. The first kappa shape index (κ1) is 14.8. The Bertz CT molecular complexity index is 690. The molecule has 0 radical (unpaired) electrons. The molecule has 0 aromatic carbocycles. The van der Waals surface area contributed by atoms with E-state index in [9.17, 15) is 4.79 Å². The van der Waals surface area contributed by atoms with Crippen molar-refractivity contribution in [2.45, 2.75) is 20.3 Å². The first-order chi connectivity index (χ1) is 10.1. The number of carbonyl (C=O) groups excluding carboxylic acids is 1. The highest BCUT2D eigenvalue weighted by atomic mass is 16.2. The first-order valence-electron chi connectivity index (χ1n) is 6.50. The molecule has 1 amide bonds. The molecular formula is C15H16N4O2. The molecule has 2 aromatic heterocycles. The van der Waals surface area contributed by atoms with E-state index in [0.717, 1.165) is 11.4 Å². The van der Waals surface area contributed by atoms with Crippen LogP contribution >= 0.6 is 0 Å². The van der Waals surface area contributed by atoms with Gasteiger partial charge in [0.2, 0.25) is 0 Å². The number of amides is 1. The maximum atomic E-state index is 12.4. The van der Waals surface area contributed by atoms with Gasteiger partial charge < -0.3 is 10.4 Å². The summed E-state index contributed by atoms with van der Waals surface area (Å²) in [5, 5.41) is 18.4. The Morgan fingerprint density at radius 2 is 2.29 bits per heavy atom. The van der Waals surface area contributed by atoms with Crippen LogP contribution < -0.4 is 5.32 Å². The summed E-state index contributed by atoms with van der Waals surface area (Å²) in [7, 11) is 0. The smallest absolute Gasteiger partial charge is 0.257 e. The van der Waals surface area contributed by atoms with Gasteiger partial charge in [0.05, 0.1) is 34.8 Å². The van der Waals surface area contributed by atoms with Crippen molar-refractivity contribution >= 4 is 11.6 Å². The van der Waals surface area contributed by atoms with E-state index in [2.05, 4.69) is 32.3 Å². The van der Waals surface area contributed by atoms with Crippen LogP contribution in [0.2, 0.25) is 0 Å². The van der Waals surface area contributed by atoms with Gasteiger partial charge in [0.15, 0.2) is 0 Å². The molecule has 108 valence electrons. The largest absolute Gasteiger partial charge is 0.395 e. The van der Waals surface area contributed by atoms with Crippen LogP contribution in [0.3, 0.4) is 0 Å². The fourth-order valence-corrected chi connectivity index (χ4v) is 1.82. The molecule has 6 nitrogen and oxygen atoms in total. The Hall–Kier alpha value is -2.65. The number of aromatic nitrogens is 3. The van der Waals surface area contributed by atoms with Gasteiger partial charge in [-0.15, -0.1) is 0 Å². The van der Waals surface area contributed by atoms with Gasteiger partial charge in [-0.3, -0.25) is 14.9 Å². The zero-order valence-electron chi connectivity index (χ0n) is 11.9. The van der Waals surface area contributed by atoms with Crippen LogP contribution in [0, 0.1) is 25.7 Å². The second kappa shape index (κ2) is 6.68. The van der Waals surface area contributed by atoms with Crippen molar-refractivity contribution in [3.8, 4) is 11.8 Å². The number of aliphatic hydroxyl groups excluding tert-OH is 1. The molecule has 21 heavy (non-hydrogen) atoms. The number of pyridine rings is 1. The summed E-state index contributed by atoms with van der Waals surface area (Å²) in [6.45, 7) is 3.64. The number of nitrogens with one attached hydrogen (secondary N) is 2. The van der Waals surface area contributed by atoms with Crippen LogP contribution in [0.1, 0.15) is 33.7 Å². The lowest BCUT2D eigenvalue weighted by atomic mass is 10.1. The summed E-state index contributed by atoms with van der Waals surface area (Å²) in [6.07, 6.45) is 3.44. The number of H-pyrrole nitrogens is 1. The van der Waals surface area contributed by atoms with E-state index in [-0.39, 0.29) is 12.5 Å². The third kappa shape index (κ3) is 3.46. The van der Waals surface area contributed by atoms with Gasteiger partial charge >= 0.3 is 0 Å². The Balaban J connectivity index is 2.26. The van der Waals surface area contributed by atoms with Crippen LogP contribution in [0.15, 0.2) is 18.5 Å². The number of carbonyl (C=O) groups is 1. The van der Waals surface area contributed by atoms with E-state index in [4.69, 9.17) is 5.11 Å². The van der Waals surface area contributed by atoms with Crippen molar-refractivity contribution in [1.29, 1.82) is 0 Å². The van der Waals surface area contributed by atoms with Gasteiger partial charge in [-0.1, -0.05) is 11.8 Å². The fourth-order valence-electron chi connectivity index (χ4n) is 1.82. The van der Waals surface area contributed by atoms with Crippen molar-refractivity contribution in [2.75, 3.05) is 11.9 Å². The summed E-state index contributed by atoms with van der Waals surface area (Å²) in [6, 6.07) is 1.61. The lowest BCUT2D eigenvalue weighted by Gasteiger charge is -2.06. The van der Waals surface area contributed by atoms with Crippen LogP contribution in [-0.4, -0.2) is 32.8 Å². The second-order valence-electron chi connectivity index (χ2n) is 4.46. The predicted molar refractivity (Wildman–Crippen MR) is 78.8 cm³/mol. The minimum absolute atomic E-state index is 0.0117. The van der Waals surface area contributed by atoms with Gasteiger partial charge in [-0.05, 0) is 19.9 Å². The standard InChI is InChI=1S/C15H16N4O2/c1-10-14(11(2)19-18-10)17-15(21)13-6-7-16-9-12(13)5-3-4-8-20/h6-7,9,20H,4,8H2,1-2H3,(H,17,21)(H,18,19). The van der Waals surface area contributed by atoms with Crippen LogP contribution in [0.4, 0.5) is 5.69 Å². The number of nitrogens with zero attached hydrogens (tertiary/aromatic N) is 2. The highest BCUT2D eigenvalue weighted by Gasteiger charge is 2.14. The number of hydrogen-bond acceptors (Lipinski definition) is 4. The number of anilines is 1. The van der Waals surface area contributed by atoms with Crippen LogP contribution in [0.25, 0.3) is 0 Å². The van der Waals surface area contributed by atoms with Crippen molar-refractivity contribution in [2.24, 2.45) is 0 Å². The first-order valence-corrected chi connectivity index (χ1v) is 6.50. The zero-order valence-corrected chi connectivity index (χ0v) is 11.9. The monoisotopic (exact) mass is 284 g/mol. The highest BCUT2D eigenvalue weighted by molar-refractivity contribution is 6.06. The quantitative estimate of drug-likeness (QED) is 0.743. The van der Waals surface area contributed by atoms with Gasteiger partial charge in [0.1, 0.15) is 0 Å². The molecule has 0 saturated heterocycles. The molecule has 0 unspecified atom stereocenters. The Morgan fingerprint density at radius 3 is 2.95 bits per heavy atom. The van der Waals surface area contributed by atoms with E-state index < -0.39 is 0 Å². The van der Waals surface area contributed by atoms with E-state index in [1.165, 1.54) is 6.20 Å². The molecule has 2 aromatic rings. The highest BCUT2D eigenvalue weighted by Crippen LogP contribution is 2.18. The van der Waals surface area contributed by atoms with Gasteiger partial charge in [-0.2, -0.15) is 5.10 Å². The molecule has 0 saturated carbocycles. The summed E-state index contributed by atoms with van der Waals surface area (Å²) >= 11 is 0. The van der Waals surface area contributed by atoms with E-state index in [0.29, 0.717) is 23.2 Å². The molecule has 3 N–H and O–H groups in total. The van der Waals surface area contributed by atoms with E-state index >= 15 is 0 Å². The lowest BCUT2D eigenvalue weighted by Crippen LogP contribution is -2.14. The minimum Gasteiger partial charge on any atom is -0.395 e. The average Bonchev–Trinajstić information content (AvgIpc) is 2.80. The molecule has 2 rings (SSSR count). The predicted octanol–water partition coefficient (Wildman–Crippen LogP) is 1.41.